The zero-order valence-corrected chi connectivity index (χ0v) is 13.8. The van der Waals surface area contributed by atoms with Crippen LogP contribution in [-0.2, 0) is 0 Å². The maximum absolute atomic E-state index is 3.61. The van der Waals surface area contributed by atoms with Crippen LogP contribution in [-0.4, -0.2) is 62.7 Å². The molecule has 0 aliphatic carbocycles. The Morgan fingerprint density at radius 3 is 2.32 bits per heavy atom. The van der Waals surface area contributed by atoms with Crippen molar-refractivity contribution < 1.29 is 0 Å². The average Bonchev–Trinajstić information content (AvgIpc) is 2.34. The fourth-order valence-corrected chi connectivity index (χ4v) is 2.92. The first-order chi connectivity index (χ1) is 8.99. The van der Waals surface area contributed by atoms with Crippen molar-refractivity contribution in [3.05, 3.63) is 0 Å². The van der Waals surface area contributed by atoms with Gasteiger partial charge in [-0.15, -0.1) is 0 Å². The highest BCUT2D eigenvalue weighted by atomic mass is 15.2. The third-order valence-corrected chi connectivity index (χ3v) is 4.23. The van der Waals surface area contributed by atoms with E-state index in [1.807, 2.05) is 0 Å². The summed E-state index contributed by atoms with van der Waals surface area (Å²) in [4.78, 5) is 4.99. The van der Waals surface area contributed by atoms with E-state index in [1.165, 1.54) is 45.4 Å². The number of piperidine rings is 1. The number of hydrogen-bond acceptors (Lipinski definition) is 3. The van der Waals surface area contributed by atoms with Crippen molar-refractivity contribution in [1.82, 2.24) is 15.1 Å². The molecule has 1 saturated heterocycles. The SMILES string of the molecule is CC(C)CCNCC(C)N1CCC(CN(C)C)CC1. The molecular formula is C16H35N3. The molecule has 3 heteroatoms. The van der Waals surface area contributed by atoms with E-state index in [9.17, 15) is 0 Å². The highest BCUT2D eigenvalue weighted by Gasteiger charge is 2.22. The fraction of sp³-hybridized carbons (Fsp3) is 1.00. The summed E-state index contributed by atoms with van der Waals surface area (Å²) in [5, 5.41) is 3.61. The largest absolute Gasteiger partial charge is 0.315 e. The van der Waals surface area contributed by atoms with Crippen molar-refractivity contribution in [3.8, 4) is 0 Å². The van der Waals surface area contributed by atoms with E-state index >= 15 is 0 Å². The summed E-state index contributed by atoms with van der Waals surface area (Å²) in [5.41, 5.74) is 0. The van der Waals surface area contributed by atoms with Gasteiger partial charge in [-0.1, -0.05) is 13.8 Å². The topological polar surface area (TPSA) is 18.5 Å². The molecule has 1 aliphatic heterocycles. The molecule has 114 valence electrons. The lowest BCUT2D eigenvalue weighted by Gasteiger charge is -2.37. The van der Waals surface area contributed by atoms with Gasteiger partial charge in [0.05, 0.1) is 0 Å². The molecule has 1 fully saturated rings. The minimum absolute atomic E-state index is 0.687. The molecule has 0 saturated carbocycles. The fourth-order valence-electron chi connectivity index (χ4n) is 2.92. The molecule has 0 radical (unpaired) electrons. The van der Waals surface area contributed by atoms with Crippen LogP contribution in [0, 0.1) is 11.8 Å². The normalized spacial score (nSPS) is 20.4. The van der Waals surface area contributed by atoms with Crippen molar-refractivity contribution in [3.63, 3.8) is 0 Å². The molecule has 1 N–H and O–H groups in total. The second kappa shape index (κ2) is 8.93. The Balaban J connectivity index is 2.12. The van der Waals surface area contributed by atoms with Crippen molar-refractivity contribution >= 4 is 0 Å². The van der Waals surface area contributed by atoms with Crippen molar-refractivity contribution in [2.45, 2.75) is 46.1 Å². The Kier molecular flexibility index (Phi) is 7.96. The summed E-state index contributed by atoms with van der Waals surface area (Å²) in [7, 11) is 4.38. The number of likely N-dealkylation sites (tertiary alicyclic amines) is 1. The lowest BCUT2D eigenvalue weighted by Crippen LogP contribution is -2.46. The van der Waals surface area contributed by atoms with Crippen LogP contribution >= 0.6 is 0 Å². The number of hydrogen-bond donors (Lipinski definition) is 1. The van der Waals surface area contributed by atoms with Crippen LogP contribution in [0.1, 0.15) is 40.0 Å². The zero-order valence-electron chi connectivity index (χ0n) is 13.8. The first kappa shape index (κ1) is 16.9. The molecule has 1 unspecified atom stereocenters. The van der Waals surface area contributed by atoms with Gasteiger partial charge in [0, 0.05) is 19.1 Å². The van der Waals surface area contributed by atoms with Gasteiger partial charge in [-0.3, -0.25) is 4.90 Å². The second-order valence-corrected chi connectivity index (χ2v) is 6.98. The quantitative estimate of drug-likeness (QED) is 0.682. The van der Waals surface area contributed by atoms with Gasteiger partial charge in [0.15, 0.2) is 0 Å². The van der Waals surface area contributed by atoms with Gasteiger partial charge in [0.2, 0.25) is 0 Å². The Bertz CT molecular complexity index is 220. The van der Waals surface area contributed by atoms with Gasteiger partial charge in [-0.05, 0) is 71.8 Å². The molecule has 1 atom stereocenters. The number of rotatable bonds is 8. The van der Waals surface area contributed by atoms with Crippen molar-refractivity contribution in [1.29, 1.82) is 0 Å². The predicted molar refractivity (Wildman–Crippen MR) is 84.6 cm³/mol. The molecule has 0 aromatic carbocycles. The molecule has 3 nitrogen and oxygen atoms in total. The summed E-state index contributed by atoms with van der Waals surface area (Å²) in [6.07, 6.45) is 4.03. The van der Waals surface area contributed by atoms with E-state index < -0.39 is 0 Å². The molecule has 0 spiro atoms. The van der Waals surface area contributed by atoms with E-state index in [4.69, 9.17) is 0 Å². The maximum atomic E-state index is 3.61. The Labute approximate surface area is 120 Å². The van der Waals surface area contributed by atoms with Crippen LogP contribution in [0.5, 0.6) is 0 Å². The van der Waals surface area contributed by atoms with Crippen LogP contribution in [0.3, 0.4) is 0 Å². The van der Waals surface area contributed by atoms with Crippen LogP contribution in [0.15, 0.2) is 0 Å². The van der Waals surface area contributed by atoms with Gasteiger partial charge in [-0.25, -0.2) is 0 Å². The van der Waals surface area contributed by atoms with Gasteiger partial charge in [0.25, 0.3) is 0 Å². The maximum Gasteiger partial charge on any atom is 0.0192 e. The summed E-state index contributed by atoms with van der Waals surface area (Å²) in [6.45, 7) is 13.1. The van der Waals surface area contributed by atoms with Gasteiger partial charge in [0.1, 0.15) is 0 Å². The Hall–Kier alpha value is -0.120. The third-order valence-electron chi connectivity index (χ3n) is 4.23. The minimum Gasteiger partial charge on any atom is -0.315 e. The Morgan fingerprint density at radius 2 is 1.79 bits per heavy atom. The molecule has 0 amide bonds. The average molecular weight is 269 g/mol. The van der Waals surface area contributed by atoms with Crippen molar-refractivity contribution in [2.75, 3.05) is 46.8 Å². The first-order valence-electron chi connectivity index (χ1n) is 8.08. The minimum atomic E-state index is 0.687. The Morgan fingerprint density at radius 1 is 1.16 bits per heavy atom. The standard InChI is InChI=1S/C16H35N3/c1-14(2)6-9-17-12-15(3)19-10-7-16(8-11-19)13-18(4)5/h14-17H,6-13H2,1-5H3. The second-order valence-electron chi connectivity index (χ2n) is 6.98. The smallest absolute Gasteiger partial charge is 0.0192 e. The molecule has 19 heavy (non-hydrogen) atoms. The molecule has 1 aliphatic rings. The summed E-state index contributed by atoms with van der Waals surface area (Å²) < 4.78 is 0. The van der Waals surface area contributed by atoms with E-state index in [2.05, 4.69) is 50.0 Å². The molecule has 1 heterocycles. The van der Waals surface area contributed by atoms with Crippen LogP contribution < -0.4 is 5.32 Å². The first-order valence-corrected chi connectivity index (χ1v) is 8.08. The number of nitrogens with zero attached hydrogens (tertiary/aromatic N) is 2. The van der Waals surface area contributed by atoms with Gasteiger partial charge >= 0.3 is 0 Å². The van der Waals surface area contributed by atoms with E-state index in [1.54, 1.807) is 0 Å². The van der Waals surface area contributed by atoms with Crippen LogP contribution in [0.25, 0.3) is 0 Å². The molecule has 1 rings (SSSR count). The predicted octanol–water partition coefficient (Wildman–Crippen LogP) is 2.28. The lowest BCUT2D eigenvalue weighted by atomic mass is 9.95. The lowest BCUT2D eigenvalue weighted by molar-refractivity contribution is 0.126. The molecule has 0 aromatic rings. The van der Waals surface area contributed by atoms with Gasteiger partial charge in [-0.2, -0.15) is 0 Å². The van der Waals surface area contributed by atoms with E-state index in [0.29, 0.717) is 6.04 Å². The summed E-state index contributed by atoms with van der Waals surface area (Å²) >= 11 is 0. The van der Waals surface area contributed by atoms with E-state index in [-0.39, 0.29) is 0 Å². The molecular weight excluding hydrogens is 234 g/mol. The van der Waals surface area contributed by atoms with Crippen LogP contribution in [0.2, 0.25) is 0 Å². The highest BCUT2D eigenvalue weighted by molar-refractivity contribution is 4.78. The number of nitrogens with one attached hydrogen (secondary N) is 1. The molecule has 0 aromatic heterocycles. The zero-order chi connectivity index (χ0) is 14.3. The third kappa shape index (κ3) is 7.28. The molecule has 0 bridgehead atoms. The monoisotopic (exact) mass is 269 g/mol. The van der Waals surface area contributed by atoms with Gasteiger partial charge < -0.3 is 10.2 Å². The summed E-state index contributed by atoms with van der Waals surface area (Å²) in [5.74, 6) is 1.72. The van der Waals surface area contributed by atoms with E-state index in [0.717, 1.165) is 18.4 Å². The summed E-state index contributed by atoms with van der Waals surface area (Å²) in [6, 6.07) is 0.687. The highest BCUT2D eigenvalue weighted by Crippen LogP contribution is 2.19. The van der Waals surface area contributed by atoms with Crippen molar-refractivity contribution in [2.24, 2.45) is 11.8 Å². The van der Waals surface area contributed by atoms with Crippen LogP contribution in [0.4, 0.5) is 0 Å².